The minimum atomic E-state index is 0.422. The van der Waals surface area contributed by atoms with Crippen molar-refractivity contribution in [3.63, 3.8) is 0 Å². The third kappa shape index (κ3) is 1.35. The van der Waals surface area contributed by atoms with E-state index in [1.165, 1.54) is 32.1 Å². The summed E-state index contributed by atoms with van der Waals surface area (Å²) in [7, 11) is 0. The van der Waals surface area contributed by atoms with E-state index in [9.17, 15) is 4.79 Å². The largest absolute Gasteiger partial charge is 0.342 e. The first-order chi connectivity index (χ1) is 6.79. The highest BCUT2D eigenvalue weighted by molar-refractivity contribution is 5.81. The number of hydrogen-bond donors (Lipinski definition) is 0. The van der Waals surface area contributed by atoms with Gasteiger partial charge >= 0.3 is 0 Å². The molecule has 0 bridgehead atoms. The SMILES string of the molecule is O=C(C1CC1)N1CCC2(CCC2)CC1. The summed E-state index contributed by atoms with van der Waals surface area (Å²) < 4.78 is 0. The van der Waals surface area contributed by atoms with Gasteiger partial charge in [-0.3, -0.25) is 4.79 Å². The van der Waals surface area contributed by atoms with Crippen molar-refractivity contribution in [2.75, 3.05) is 13.1 Å². The summed E-state index contributed by atoms with van der Waals surface area (Å²) in [6, 6.07) is 0. The van der Waals surface area contributed by atoms with Crippen LogP contribution in [-0.4, -0.2) is 23.9 Å². The number of amides is 1. The molecule has 0 aromatic carbocycles. The number of likely N-dealkylation sites (tertiary alicyclic amines) is 1. The summed E-state index contributed by atoms with van der Waals surface area (Å²) >= 11 is 0. The number of hydrogen-bond acceptors (Lipinski definition) is 1. The molecule has 1 spiro atoms. The summed E-state index contributed by atoms with van der Waals surface area (Å²) in [5.74, 6) is 0.879. The highest BCUT2D eigenvalue weighted by atomic mass is 16.2. The van der Waals surface area contributed by atoms with E-state index in [0.29, 0.717) is 17.2 Å². The van der Waals surface area contributed by atoms with Crippen LogP contribution in [0.3, 0.4) is 0 Å². The van der Waals surface area contributed by atoms with Crippen LogP contribution < -0.4 is 0 Å². The number of nitrogens with zero attached hydrogens (tertiary/aromatic N) is 1. The van der Waals surface area contributed by atoms with E-state index in [-0.39, 0.29) is 0 Å². The first-order valence-corrected chi connectivity index (χ1v) is 6.08. The van der Waals surface area contributed by atoms with Gasteiger partial charge in [0.05, 0.1) is 0 Å². The fraction of sp³-hybridized carbons (Fsp3) is 0.917. The molecule has 1 heterocycles. The molecule has 0 aromatic rings. The van der Waals surface area contributed by atoms with Crippen molar-refractivity contribution in [1.82, 2.24) is 4.90 Å². The van der Waals surface area contributed by atoms with Crippen LogP contribution in [0, 0.1) is 11.3 Å². The van der Waals surface area contributed by atoms with Crippen LogP contribution in [0.5, 0.6) is 0 Å². The first kappa shape index (κ1) is 8.75. The fourth-order valence-corrected chi connectivity index (χ4v) is 2.97. The molecule has 1 saturated heterocycles. The fourth-order valence-electron chi connectivity index (χ4n) is 2.97. The summed E-state index contributed by atoms with van der Waals surface area (Å²) in [4.78, 5) is 13.9. The Kier molecular flexibility index (Phi) is 1.86. The molecule has 2 saturated carbocycles. The van der Waals surface area contributed by atoms with Crippen LogP contribution in [0.25, 0.3) is 0 Å². The average Bonchev–Trinajstić information content (AvgIpc) is 2.98. The molecule has 1 amide bonds. The van der Waals surface area contributed by atoms with E-state index in [2.05, 4.69) is 4.90 Å². The number of piperidine rings is 1. The molecule has 3 rings (SSSR count). The van der Waals surface area contributed by atoms with Gasteiger partial charge in [-0.25, -0.2) is 0 Å². The highest BCUT2D eigenvalue weighted by Gasteiger charge is 2.42. The molecular weight excluding hydrogens is 174 g/mol. The summed E-state index contributed by atoms with van der Waals surface area (Å²) in [5, 5.41) is 0. The molecule has 14 heavy (non-hydrogen) atoms. The zero-order valence-corrected chi connectivity index (χ0v) is 8.80. The molecule has 0 radical (unpaired) electrons. The Labute approximate surface area is 85.7 Å². The van der Waals surface area contributed by atoms with Crippen molar-refractivity contribution in [3.05, 3.63) is 0 Å². The van der Waals surface area contributed by atoms with Gasteiger partial charge < -0.3 is 4.90 Å². The third-order valence-electron chi connectivity index (χ3n) is 4.48. The normalized spacial score (nSPS) is 30.1. The van der Waals surface area contributed by atoms with Gasteiger partial charge in [0.2, 0.25) is 5.91 Å². The van der Waals surface area contributed by atoms with Crippen molar-refractivity contribution in [3.8, 4) is 0 Å². The van der Waals surface area contributed by atoms with E-state index in [0.717, 1.165) is 25.9 Å². The molecule has 2 heteroatoms. The van der Waals surface area contributed by atoms with Gasteiger partial charge in [-0.05, 0) is 43.9 Å². The van der Waals surface area contributed by atoms with Crippen LogP contribution in [0.15, 0.2) is 0 Å². The molecule has 3 aliphatic rings. The second-order valence-corrected chi connectivity index (χ2v) is 5.45. The van der Waals surface area contributed by atoms with Gasteiger partial charge in [0.25, 0.3) is 0 Å². The third-order valence-corrected chi connectivity index (χ3v) is 4.48. The average molecular weight is 193 g/mol. The smallest absolute Gasteiger partial charge is 0.225 e. The summed E-state index contributed by atoms with van der Waals surface area (Å²) in [5.41, 5.74) is 0.681. The van der Waals surface area contributed by atoms with Gasteiger partial charge in [0, 0.05) is 19.0 Å². The lowest BCUT2D eigenvalue weighted by Crippen LogP contribution is -2.46. The first-order valence-electron chi connectivity index (χ1n) is 6.08. The molecule has 0 atom stereocenters. The second-order valence-electron chi connectivity index (χ2n) is 5.45. The molecule has 0 unspecified atom stereocenters. The molecule has 78 valence electrons. The summed E-state index contributed by atoms with van der Waals surface area (Å²) in [6.45, 7) is 2.10. The Bertz CT molecular complexity index is 243. The predicted molar refractivity (Wildman–Crippen MR) is 54.8 cm³/mol. The zero-order valence-electron chi connectivity index (χ0n) is 8.80. The quantitative estimate of drug-likeness (QED) is 0.625. The lowest BCUT2D eigenvalue weighted by atomic mass is 9.63. The number of carbonyl (C=O) groups is 1. The Balaban J connectivity index is 1.56. The van der Waals surface area contributed by atoms with Crippen molar-refractivity contribution in [2.24, 2.45) is 11.3 Å². The molecule has 1 aliphatic heterocycles. The minimum Gasteiger partial charge on any atom is -0.342 e. The molecule has 3 fully saturated rings. The zero-order chi connectivity index (χ0) is 9.60. The van der Waals surface area contributed by atoms with Gasteiger partial charge in [-0.1, -0.05) is 6.42 Å². The van der Waals surface area contributed by atoms with Gasteiger partial charge in [0.15, 0.2) is 0 Å². The van der Waals surface area contributed by atoms with E-state index in [1.807, 2.05) is 0 Å². The Morgan fingerprint density at radius 3 is 2.14 bits per heavy atom. The molecule has 0 aromatic heterocycles. The van der Waals surface area contributed by atoms with Crippen LogP contribution in [0.4, 0.5) is 0 Å². The second kappa shape index (κ2) is 2.98. The van der Waals surface area contributed by atoms with Crippen LogP contribution in [-0.2, 0) is 4.79 Å². The van der Waals surface area contributed by atoms with Gasteiger partial charge in [0.1, 0.15) is 0 Å². The maximum absolute atomic E-state index is 11.8. The Morgan fingerprint density at radius 2 is 1.71 bits per heavy atom. The van der Waals surface area contributed by atoms with Crippen molar-refractivity contribution >= 4 is 5.91 Å². The van der Waals surface area contributed by atoms with Crippen molar-refractivity contribution in [2.45, 2.75) is 44.9 Å². The molecule has 0 N–H and O–H groups in total. The minimum absolute atomic E-state index is 0.422. The molecule has 2 nitrogen and oxygen atoms in total. The lowest BCUT2D eigenvalue weighted by Gasteiger charge is -2.48. The van der Waals surface area contributed by atoms with Crippen molar-refractivity contribution < 1.29 is 4.79 Å². The monoisotopic (exact) mass is 193 g/mol. The van der Waals surface area contributed by atoms with Gasteiger partial charge in [-0.15, -0.1) is 0 Å². The van der Waals surface area contributed by atoms with E-state index in [4.69, 9.17) is 0 Å². The summed E-state index contributed by atoms with van der Waals surface area (Å²) in [6.07, 6.45) is 9.16. The molecule has 2 aliphatic carbocycles. The topological polar surface area (TPSA) is 20.3 Å². The predicted octanol–water partition coefficient (Wildman–Crippen LogP) is 2.19. The van der Waals surface area contributed by atoms with Crippen molar-refractivity contribution in [1.29, 1.82) is 0 Å². The lowest BCUT2D eigenvalue weighted by molar-refractivity contribution is -0.135. The van der Waals surface area contributed by atoms with E-state index < -0.39 is 0 Å². The van der Waals surface area contributed by atoms with Crippen LogP contribution in [0.1, 0.15) is 44.9 Å². The number of carbonyl (C=O) groups excluding carboxylic acids is 1. The Hall–Kier alpha value is -0.530. The van der Waals surface area contributed by atoms with Gasteiger partial charge in [-0.2, -0.15) is 0 Å². The van der Waals surface area contributed by atoms with E-state index in [1.54, 1.807) is 0 Å². The van der Waals surface area contributed by atoms with Crippen LogP contribution in [0.2, 0.25) is 0 Å². The maximum Gasteiger partial charge on any atom is 0.225 e. The van der Waals surface area contributed by atoms with Crippen LogP contribution >= 0.6 is 0 Å². The number of rotatable bonds is 1. The standard InChI is InChI=1S/C12H19NO/c14-11(10-2-3-10)13-8-6-12(7-9-13)4-1-5-12/h10H,1-9H2. The molecular formula is C12H19NO. The Morgan fingerprint density at radius 1 is 1.07 bits per heavy atom. The van der Waals surface area contributed by atoms with E-state index >= 15 is 0 Å². The highest BCUT2D eigenvalue weighted by Crippen LogP contribution is 2.49. The maximum atomic E-state index is 11.8.